The van der Waals surface area contributed by atoms with E-state index in [0.717, 1.165) is 15.8 Å². The molecule has 7 heteroatoms. The molecule has 0 unspecified atom stereocenters. The van der Waals surface area contributed by atoms with Crippen LogP contribution in [-0.2, 0) is 13.1 Å². The van der Waals surface area contributed by atoms with Gasteiger partial charge in [0, 0.05) is 15.9 Å². The molecule has 2 heterocycles. The van der Waals surface area contributed by atoms with Crippen molar-refractivity contribution in [2.75, 3.05) is 5.32 Å². The van der Waals surface area contributed by atoms with Crippen molar-refractivity contribution < 1.29 is 0 Å². The first-order valence-electron chi connectivity index (χ1n) is 5.84. The zero-order valence-corrected chi connectivity index (χ0v) is 13.5. The van der Waals surface area contributed by atoms with Crippen molar-refractivity contribution in [1.82, 2.24) is 9.78 Å². The number of halogens is 2. The van der Waals surface area contributed by atoms with E-state index in [1.807, 2.05) is 18.4 Å². The van der Waals surface area contributed by atoms with Crippen LogP contribution in [0.1, 0.15) is 18.2 Å². The quantitative estimate of drug-likeness (QED) is 0.881. The maximum absolute atomic E-state index is 11.9. The molecule has 0 aliphatic rings. The SMILES string of the molecule is CCCn1ncc(NCc2sccc2Br)c(Cl)c1=O. The summed E-state index contributed by atoms with van der Waals surface area (Å²) in [6.45, 7) is 3.18. The third-order valence-corrected chi connectivity index (χ3v) is 4.84. The second kappa shape index (κ2) is 6.54. The minimum Gasteiger partial charge on any atom is -0.377 e. The molecule has 1 N–H and O–H groups in total. The monoisotopic (exact) mass is 361 g/mol. The standard InChI is InChI=1S/C12H13BrClN3OS/c1-2-4-17-12(18)11(14)9(6-16-17)15-7-10-8(13)3-5-19-10/h3,5-6,15H,2,4,7H2,1H3. The maximum Gasteiger partial charge on any atom is 0.287 e. The molecule has 19 heavy (non-hydrogen) atoms. The van der Waals surface area contributed by atoms with Gasteiger partial charge in [0.05, 0.1) is 18.4 Å². The number of nitrogens with zero attached hydrogens (tertiary/aromatic N) is 2. The van der Waals surface area contributed by atoms with Crippen LogP contribution in [-0.4, -0.2) is 9.78 Å². The topological polar surface area (TPSA) is 46.9 Å². The van der Waals surface area contributed by atoms with Gasteiger partial charge < -0.3 is 5.32 Å². The molecule has 2 aromatic rings. The van der Waals surface area contributed by atoms with E-state index >= 15 is 0 Å². The molecule has 0 spiro atoms. The number of aromatic nitrogens is 2. The van der Waals surface area contributed by atoms with E-state index < -0.39 is 0 Å². The third kappa shape index (κ3) is 3.38. The number of rotatable bonds is 5. The Bertz CT molecular complexity index is 626. The summed E-state index contributed by atoms with van der Waals surface area (Å²) in [6.07, 6.45) is 2.44. The van der Waals surface area contributed by atoms with Crippen molar-refractivity contribution in [3.63, 3.8) is 0 Å². The predicted octanol–water partition coefficient (Wildman–Crippen LogP) is 3.74. The van der Waals surface area contributed by atoms with Crippen LogP contribution < -0.4 is 10.9 Å². The van der Waals surface area contributed by atoms with Crippen LogP contribution in [0, 0.1) is 0 Å². The molecule has 0 aliphatic carbocycles. The van der Waals surface area contributed by atoms with E-state index in [1.54, 1.807) is 17.5 Å². The van der Waals surface area contributed by atoms with Gasteiger partial charge in [0.25, 0.3) is 5.56 Å². The van der Waals surface area contributed by atoms with Gasteiger partial charge in [-0.25, -0.2) is 4.68 Å². The number of nitrogens with one attached hydrogen (secondary N) is 1. The summed E-state index contributed by atoms with van der Waals surface area (Å²) in [5, 5.41) is 9.43. The lowest BCUT2D eigenvalue weighted by Crippen LogP contribution is -2.24. The highest BCUT2D eigenvalue weighted by Gasteiger charge is 2.09. The van der Waals surface area contributed by atoms with Gasteiger partial charge in [-0.15, -0.1) is 11.3 Å². The zero-order valence-electron chi connectivity index (χ0n) is 10.3. The third-order valence-electron chi connectivity index (χ3n) is 2.55. The Kier molecular flexibility index (Phi) is 5.01. The lowest BCUT2D eigenvalue weighted by molar-refractivity contribution is 0.568. The molecule has 2 aromatic heterocycles. The highest BCUT2D eigenvalue weighted by Crippen LogP contribution is 2.24. The molecule has 2 rings (SSSR count). The minimum absolute atomic E-state index is 0.191. The Hall–Kier alpha value is -0.850. The second-order valence-electron chi connectivity index (χ2n) is 3.95. The molecule has 102 valence electrons. The van der Waals surface area contributed by atoms with E-state index in [0.29, 0.717) is 18.8 Å². The Labute approximate surface area is 128 Å². The van der Waals surface area contributed by atoms with Gasteiger partial charge in [-0.2, -0.15) is 5.10 Å². The lowest BCUT2D eigenvalue weighted by Gasteiger charge is -2.09. The molecule has 0 saturated carbocycles. The molecule has 0 saturated heterocycles. The Morgan fingerprint density at radius 3 is 3.00 bits per heavy atom. The maximum atomic E-state index is 11.9. The normalized spacial score (nSPS) is 10.7. The van der Waals surface area contributed by atoms with Gasteiger partial charge in [-0.05, 0) is 33.8 Å². The highest BCUT2D eigenvalue weighted by atomic mass is 79.9. The second-order valence-corrected chi connectivity index (χ2v) is 6.18. The van der Waals surface area contributed by atoms with Gasteiger partial charge in [0.2, 0.25) is 0 Å². The first kappa shape index (κ1) is 14.6. The molecular weight excluding hydrogens is 350 g/mol. The Morgan fingerprint density at radius 2 is 2.37 bits per heavy atom. The van der Waals surface area contributed by atoms with Crippen LogP contribution in [0.3, 0.4) is 0 Å². The molecular formula is C12H13BrClN3OS. The highest BCUT2D eigenvalue weighted by molar-refractivity contribution is 9.10. The van der Waals surface area contributed by atoms with E-state index in [1.165, 1.54) is 4.68 Å². The summed E-state index contributed by atoms with van der Waals surface area (Å²) in [4.78, 5) is 13.1. The van der Waals surface area contributed by atoms with Crippen molar-refractivity contribution in [2.45, 2.75) is 26.4 Å². The van der Waals surface area contributed by atoms with Crippen LogP contribution >= 0.6 is 38.9 Å². The summed E-state index contributed by atoms with van der Waals surface area (Å²) >= 11 is 11.2. The smallest absolute Gasteiger partial charge is 0.287 e. The number of hydrogen-bond acceptors (Lipinski definition) is 4. The Morgan fingerprint density at radius 1 is 1.58 bits per heavy atom. The van der Waals surface area contributed by atoms with Gasteiger partial charge >= 0.3 is 0 Å². The summed E-state index contributed by atoms with van der Waals surface area (Å²) in [7, 11) is 0. The summed E-state index contributed by atoms with van der Waals surface area (Å²) in [5.74, 6) is 0. The van der Waals surface area contributed by atoms with Crippen molar-refractivity contribution in [3.05, 3.63) is 42.4 Å². The number of anilines is 1. The molecule has 0 radical (unpaired) electrons. The van der Waals surface area contributed by atoms with E-state index in [-0.39, 0.29) is 10.6 Å². The minimum atomic E-state index is -0.251. The van der Waals surface area contributed by atoms with Gasteiger partial charge in [0.15, 0.2) is 0 Å². The van der Waals surface area contributed by atoms with Crippen LogP contribution in [0.5, 0.6) is 0 Å². The molecule has 0 atom stereocenters. The van der Waals surface area contributed by atoms with Crippen LogP contribution in [0.4, 0.5) is 5.69 Å². The van der Waals surface area contributed by atoms with Gasteiger partial charge in [-0.3, -0.25) is 4.79 Å². The van der Waals surface area contributed by atoms with Crippen LogP contribution in [0.25, 0.3) is 0 Å². The van der Waals surface area contributed by atoms with E-state index in [4.69, 9.17) is 11.6 Å². The summed E-state index contributed by atoms with van der Waals surface area (Å²) in [6, 6.07) is 1.99. The van der Waals surface area contributed by atoms with Crippen LogP contribution in [0.15, 0.2) is 26.9 Å². The summed E-state index contributed by atoms with van der Waals surface area (Å²) < 4.78 is 2.43. The number of hydrogen-bond donors (Lipinski definition) is 1. The zero-order chi connectivity index (χ0) is 13.8. The van der Waals surface area contributed by atoms with Gasteiger partial charge in [-0.1, -0.05) is 18.5 Å². The Balaban J connectivity index is 2.16. The van der Waals surface area contributed by atoms with Crippen molar-refractivity contribution >= 4 is 44.6 Å². The van der Waals surface area contributed by atoms with Crippen LogP contribution in [0.2, 0.25) is 5.02 Å². The fourth-order valence-electron chi connectivity index (χ4n) is 1.59. The fourth-order valence-corrected chi connectivity index (χ4v) is 3.23. The largest absolute Gasteiger partial charge is 0.377 e. The number of aryl methyl sites for hydroxylation is 1. The average Bonchev–Trinajstić information content (AvgIpc) is 2.80. The average molecular weight is 363 g/mol. The van der Waals surface area contributed by atoms with Crippen molar-refractivity contribution in [1.29, 1.82) is 0 Å². The predicted molar refractivity (Wildman–Crippen MR) is 83.1 cm³/mol. The number of thiophene rings is 1. The fraction of sp³-hybridized carbons (Fsp3) is 0.333. The molecule has 0 bridgehead atoms. The van der Waals surface area contributed by atoms with Crippen molar-refractivity contribution in [3.8, 4) is 0 Å². The molecule has 0 fully saturated rings. The molecule has 0 aliphatic heterocycles. The first-order valence-corrected chi connectivity index (χ1v) is 7.90. The first-order chi connectivity index (χ1) is 9.13. The lowest BCUT2D eigenvalue weighted by atomic mass is 10.4. The van der Waals surface area contributed by atoms with E-state index in [2.05, 4.69) is 26.3 Å². The van der Waals surface area contributed by atoms with Gasteiger partial charge in [0.1, 0.15) is 5.02 Å². The molecule has 0 aromatic carbocycles. The molecule has 4 nitrogen and oxygen atoms in total. The summed E-state index contributed by atoms with van der Waals surface area (Å²) in [5.41, 5.74) is 0.318. The van der Waals surface area contributed by atoms with Crippen molar-refractivity contribution in [2.24, 2.45) is 0 Å². The van der Waals surface area contributed by atoms with E-state index in [9.17, 15) is 4.79 Å². The molecule has 0 amide bonds.